The maximum absolute atomic E-state index is 9.45. The molecular weight excluding hydrogens is 320 g/mol. The van der Waals surface area contributed by atoms with Crippen LogP contribution in [0, 0.1) is 25.2 Å². The van der Waals surface area contributed by atoms with E-state index in [2.05, 4.69) is 15.4 Å². The van der Waals surface area contributed by atoms with Crippen LogP contribution in [-0.2, 0) is 0 Å². The molecule has 0 unspecified atom stereocenters. The topological polar surface area (TPSA) is 61.5 Å². The van der Waals surface area contributed by atoms with Crippen LogP contribution in [0.1, 0.15) is 41.1 Å². The van der Waals surface area contributed by atoms with Gasteiger partial charge in [0.15, 0.2) is 0 Å². The highest BCUT2D eigenvalue weighted by Crippen LogP contribution is 2.45. The minimum absolute atomic E-state index is 0.443. The van der Waals surface area contributed by atoms with Gasteiger partial charge in [-0.2, -0.15) is 9.64 Å². The summed E-state index contributed by atoms with van der Waals surface area (Å²) in [6.45, 7) is 3.99. The Hall–Kier alpha value is -2.39. The smallest absolute Gasteiger partial charge is 0.218 e. The zero-order valence-electron chi connectivity index (χ0n) is 14.3. The first-order valence-electron chi connectivity index (χ1n) is 7.89. The second-order valence-electron chi connectivity index (χ2n) is 6.33. The van der Waals surface area contributed by atoms with E-state index in [0.29, 0.717) is 16.5 Å². The van der Waals surface area contributed by atoms with Crippen molar-refractivity contribution in [2.24, 2.45) is 4.99 Å². The SMILES string of the molecule is Cc1cc(Oc2snc(C3CC3)c2C#N)c(C)cc1N=CN(C)C. The average Bonchev–Trinajstić information content (AvgIpc) is 3.30. The summed E-state index contributed by atoms with van der Waals surface area (Å²) in [7, 11) is 3.88. The van der Waals surface area contributed by atoms with Crippen molar-refractivity contribution in [1.29, 1.82) is 5.26 Å². The zero-order chi connectivity index (χ0) is 17.3. The number of hydrogen-bond donors (Lipinski definition) is 0. The lowest BCUT2D eigenvalue weighted by atomic mass is 10.1. The van der Waals surface area contributed by atoms with Gasteiger partial charge in [0.05, 0.1) is 17.7 Å². The number of nitrogens with zero attached hydrogens (tertiary/aromatic N) is 4. The van der Waals surface area contributed by atoms with Gasteiger partial charge < -0.3 is 9.64 Å². The summed E-state index contributed by atoms with van der Waals surface area (Å²) in [5.41, 5.74) is 4.42. The van der Waals surface area contributed by atoms with E-state index in [1.807, 2.05) is 45.0 Å². The van der Waals surface area contributed by atoms with Crippen molar-refractivity contribution in [3.05, 3.63) is 34.5 Å². The Morgan fingerprint density at radius 1 is 1.33 bits per heavy atom. The molecule has 0 spiro atoms. The van der Waals surface area contributed by atoms with E-state index >= 15 is 0 Å². The van der Waals surface area contributed by atoms with Crippen molar-refractivity contribution in [3.63, 3.8) is 0 Å². The molecule has 0 saturated heterocycles. The lowest BCUT2D eigenvalue weighted by Crippen LogP contribution is -2.07. The molecule has 3 rings (SSSR count). The van der Waals surface area contributed by atoms with Crippen LogP contribution in [0.15, 0.2) is 17.1 Å². The maximum Gasteiger partial charge on any atom is 0.218 e. The molecule has 0 bridgehead atoms. The number of nitriles is 1. The summed E-state index contributed by atoms with van der Waals surface area (Å²) in [6.07, 6.45) is 4.02. The molecule has 0 aliphatic heterocycles. The van der Waals surface area contributed by atoms with E-state index in [0.717, 1.165) is 41.1 Å². The number of aromatic nitrogens is 1. The van der Waals surface area contributed by atoms with E-state index in [9.17, 15) is 5.26 Å². The van der Waals surface area contributed by atoms with Crippen LogP contribution in [0.2, 0.25) is 0 Å². The van der Waals surface area contributed by atoms with E-state index in [1.165, 1.54) is 11.5 Å². The summed E-state index contributed by atoms with van der Waals surface area (Å²) in [4.78, 5) is 6.36. The molecular formula is C18H20N4OS. The van der Waals surface area contributed by atoms with Gasteiger partial charge >= 0.3 is 0 Å². The number of ether oxygens (including phenoxy) is 1. The fourth-order valence-electron chi connectivity index (χ4n) is 2.40. The van der Waals surface area contributed by atoms with Crippen molar-refractivity contribution >= 4 is 23.6 Å². The van der Waals surface area contributed by atoms with Gasteiger partial charge in [-0.15, -0.1) is 0 Å². The Morgan fingerprint density at radius 3 is 2.71 bits per heavy atom. The normalized spacial score (nSPS) is 14.0. The molecule has 1 fully saturated rings. The largest absolute Gasteiger partial charge is 0.443 e. The van der Waals surface area contributed by atoms with Gasteiger partial charge in [-0.05, 0) is 49.9 Å². The Kier molecular flexibility index (Phi) is 4.54. The molecule has 1 aliphatic rings. The lowest BCUT2D eigenvalue weighted by molar-refractivity contribution is 0.490. The third-order valence-electron chi connectivity index (χ3n) is 3.89. The molecule has 1 heterocycles. The second kappa shape index (κ2) is 6.62. The third-order valence-corrected chi connectivity index (χ3v) is 4.63. The van der Waals surface area contributed by atoms with Crippen molar-refractivity contribution in [3.8, 4) is 16.9 Å². The molecule has 0 radical (unpaired) electrons. The van der Waals surface area contributed by atoms with Gasteiger partial charge in [0, 0.05) is 31.5 Å². The minimum Gasteiger partial charge on any atom is -0.443 e. The standard InChI is InChI=1S/C18H20N4OS/c1-11-8-16(12(2)7-15(11)20-10-22(3)4)23-18-14(9-19)17(21-24-18)13-5-6-13/h7-8,10,13H,5-6H2,1-4H3. The molecule has 24 heavy (non-hydrogen) atoms. The van der Waals surface area contributed by atoms with Gasteiger partial charge in [-0.1, -0.05) is 0 Å². The molecule has 6 heteroatoms. The van der Waals surface area contributed by atoms with E-state index in [-0.39, 0.29) is 0 Å². The molecule has 1 aromatic carbocycles. The predicted octanol–water partition coefficient (Wildman–Crippen LogP) is 4.52. The Balaban J connectivity index is 1.88. The van der Waals surface area contributed by atoms with Crippen LogP contribution in [0.25, 0.3) is 0 Å². The van der Waals surface area contributed by atoms with Crippen LogP contribution in [0.3, 0.4) is 0 Å². The predicted molar refractivity (Wildman–Crippen MR) is 96.6 cm³/mol. The second-order valence-corrected chi connectivity index (χ2v) is 7.07. The van der Waals surface area contributed by atoms with Gasteiger partial charge in [-0.25, -0.2) is 4.99 Å². The summed E-state index contributed by atoms with van der Waals surface area (Å²) in [5.74, 6) is 1.19. The highest BCUT2D eigenvalue weighted by molar-refractivity contribution is 7.08. The fourth-order valence-corrected chi connectivity index (χ4v) is 3.19. The van der Waals surface area contributed by atoms with Crippen molar-refractivity contribution in [2.45, 2.75) is 32.6 Å². The molecule has 0 amide bonds. The van der Waals surface area contributed by atoms with Crippen molar-refractivity contribution in [1.82, 2.24) is 9.27 Å². The number of aliphatic imine (C=N–C) groups is 1. The molecule has 2 aromatic rings. The fraction of sp³-hybridized carbons (Fsp3) is 0.389. The maximum atomic E-state index is 9.45. The van der Waals surface area contributed by atoms with E-state index in [1.54, 1.807) is 6.34 Å². The number of aryl methyl sites for hydroxylation is 2. The summed E-state index contributed by atoms with van der Waals surface area (Å²) < 4.78 is 10.5. The van der Waals surface area contributed by atoms with Crippen LogP contribution >= 0.6 is 11.5 Å². The molecule has 1 aromatic heterocycles. The monoisotopic (exact) mass is 340 g/mol. The zero-order valence-corrected chi connectivity index (χ0v) is 15.1. The molecule has 1 saturated carbocycles. The highest BCUT2D eigenvalue weighted by atomic mass is 32.1. The van der Waals surface area contributed by atoms with E-state index < -0.39 is 0 Å². The molecule has 0 N–H and O–H groups in total. The molecule has 0 atom stereocenters. The highest BCUT2D eigenvalue weighted by Gasteiger charge is 2.31. The average molecular weight is 340 g/mol. The lowest BCUT2D eigenvalue weighted by Gasteiger charge is -2.11. The number of benzene rings is 1. The van der Waals surface area contributed by atoms with Gasteiger partial charge in [0.25, 0.3) is 0 Å². The molecule has 124 valence electrons. The number of rotatable bonds is 5. The Morgan fingerprint density at radius 2 is 2.08 bits per heavy atom. The first-order chi connectivity index (χ1) is 11.5. The number of hydrogen-bond acceptors (Lipinski definition) is 5. The van der Waals surface area contributed by atoms with E-state index in [4.69, 9.17) is 4.74 Å². The third kappa shape index (κ3) is 3.41. The Labute approximate surface area is 146 Å². The van der Waals surface area contributed by atoms with Crippen LogP contribution in [0.5, 0.6) is 10.8 Å². The van der Waals surface area contributed by atoms with Crippen molar-refractivity contribution < 1.29 is 4.74 Å². The van der Waals surface area contributed by atoms with Gasteiger partial charge in [0.2, 0.25) is 5.06 Å². The minimum atomic E-state index is 0.443. The molecule has 1 aliphatic carbocycles. The summed E-state index contributed by atoms with van der Waals surface area (Å²) in [6, 6.07) is 6.23. The van der Waals surface area contributed by atoms with Gasteiger partial charge in [-0.3, -0.25) is 0 Å². The van der Waals surface area contributed by atoms with Crippen LogP contribution in [0.4, 0.5) is 5.69 Å². The van der Waals surface area contributed by atoms with Crippen molar-refractivity contribution in [2.75, 3.05) is 14.1 Å². The van der Waals surface area contributed by atoms with Crippen LogP contribution < -0.4 is 4.74 Å². The van der Waals surface area contributed by atoms with Crippen LogP contribution in [-0.4, -0.2) is 29.7 Å². The summed E-state index contributed by atoms with van der Waals surface area (Å²) >= 11 is 1.27. The first kappa shape index (κ1) is 16.5. The Bertz CT molecular complexity index is 828. The molecule has 5 nitrogen and oxygen atoms in total. The first-order valence-corrected chi connectivity index (χ1v) is 8.66. The summed E-state index contributed by atoms with van der Waals surface area (Å²) in [5, 5.41) is 10.0. The quantitative estimate of drug-likeness (QED) is 0.593. The van der Waals surface area contributed by atoms with Gasteiger partial charge in [0.1, 0.15) is 17.4 Å².